The molecule has 1 aromatic heterocycles. The smallest absolute Gasteiger partial charge is 0.350 e. The lowest BCUT2D eigenvalue weighted by Gasteiger charge is -2.16. The largest absolute Gasteiger partial charge is 0.462 e. The first-order valence-electron chi connectivity index (χ1n) is 7.42. The number of aromatic nitrogens is 1. The number of carbonyl (C=O) groups excluding carboxylic acids is 2. The van der Waals surface area contributed by atoms with Crippen LogP contribution in [0.3, 0.4) is 0 Å². The van der Waals surface area contributed by atoms with E-state index in [2.05, 4.69) is 4.98 Å². The number of hydrogen-bond acceptors (Lipinski definition) is 5. The Bertz CT molecular complexity index is 702. The second kappa shape index (κ2) is 6.78. The number of amides is 2. The molecular formula is C16H17N3O3S. The van der Waals surface area contributed by atoms with Crippen molar-refractivity contribution in [2.45, 2.75) is 13.5 Å². The predicted molar refractivity (Wildman–Crippen MR) is 87.7 cm³/mol. The molecular weight excluding hydrogens is 314 g/mol. The average molecular weight is 331 g/mol. The highest BCUT2D eigenvalue weighted by Gasteiger charge is 2.31. The maximum absolute atomic E-state index is 12.5. The second-order valence-corrected chi connectivity index (χ2v) is 6.08. The van der Waals surface area contributed by atoms with Gasteiger partial charge in [0.25, 0.3) is 0 Å². The highest BCUT2D eigenvalue weighted by Crippen LogP contribution is 2.27. The van der Waals surface area contributed by atoms with Crippen molar-refractivity contribution in [3.8, 4) is 0 Å². The van der Waals surface area contributed by atoms with Gasteiger partial charge in [-0.25, -0.2) is 14.6 Å². The summed E-state index contributed by atoms with van der Waals surface area (Å²) in [5.74, 6) is -0.399. The molecule has 2 amide bonds. The van der Waals surface area contributed by atoms with Crippen molar-refractivity contribution < 1.29 is 14.3 Å². The van der Waals surface area contributed by atoms with Crippen LogP contribution in [0, 0.1) is 0 Å². The van der Waals surface area contributed by atoms with Crippen molar-refractivity contribution in [1.29, 1.82) is 0 Å². The van der Waals surface area contributed by atoms with E-state index in [9.17, 15) is 9.59 Å². The summed E-state index contributed by atoms with van der Waals surface area (Å²) in [7, 11) is 0. The standard InChI is InChI=1S/C16H17N3O3S/c1-2-22-14(20)13-10-17-15(23-13)19-9-8-18(16(19)21)11-12-6-4-3-5-7-12/h3-7,10H,2,8-9,11H2,1H3. The average Bonchev–Trinajstić information content (AvgIpc) is 3.17. The molecule has 0 radical (unpaired) electrons. The molecule has 1 aliphatic rings. The number of nitrogens with zero attached hydrogens (tertiary/aromatic N) is 3. The van der Waals surface area contributed by atoms with Gasteiger partial charge in [-0.1, -0.05) is 41.7 Å². The van der Waals surface area contributed by atoms with Gasteiger partial charge in [0.2, 0.25) is 0 Å². The van der Waals surface area contributed by atoms with Crippen LogP contribution < -0.4 is 4.90 Å². The van der Waals surface area contributed by atoms with E-state index in [0.29, 0.717) is 36.2 Å². The van der Waals surface area contributed by atoms with E-state index in [1.54, 1.807) is 16.7 Å². The highest BCUT2D eigenvalue weighted by atomic mass is 32.1. The summed E-state index contributed by atoms with van der Waals surface area (Å²) >= 11 is 1.18. The zero-order valence-electron chi connectivity index (χ0n) is 12.8. The van der Waals surface area contributed by atoms with Crippen LogP contribution in [0.25, 0.3) is 0 Å². The molecule has 120 valence electrons. The first kappa shape index (κ1) is 15.5. The van der Waals surface area contributed by atoms with E-state index in [1.165, 1.54) is 17.5 Å². The summed E-state index contributed by atoms with van der Waals surface area (Å²) in [6, 6.07) is 9.78. The molecule has 1 saturated heterocycles. The van der Waals surface area contributed by atoms with Crippen LogP contribution in [-0.2, 0) is 11.3 Å². The van der Waals surface area contributed by atoms with Gasteiger partial charge in [0.05, 0.1) is 12.8 Å². The summed E-state index contributed by atoms with van der Waals surface area (Å²) in [6.45, 7) is 3.86. The fraction of sp³-hybridized carbons (Fsp3) is 0.312. The number of rotatable bonds is 5. The molecule has 0 spiro atoms. The Morgan fingerprint density at radius 3 is 2.83 bits per heavy atom. The number of anilines is 1. The fourth-order valence-corrected chi connectivity index (χ4v) is 3.23. The van der Waals surface area contributed by atoms with Crippen LogP contribution in [0.5, 0.6) is 0 Å². The first-order valence-corrected chi connectivity index (χ1v) is 8.24. The number of hydrogen-bond donors (Lipinski definition) is 0. The zero-order valence-corrected chi connectivity index (χ0v) is 13.6. The molecule has 0 unspecified atom stereocenters. The molecule has 7 heteroatoms. The quantitative estimate of drug-likeness (QED) is 0.790. The summed E-state index contributed by atoms with van der Waals surface area (Å²) in [4.78, 5) is 32.2. The molecule has 3 rings (SSSR count). The molecule has 0 saturated carbocycles. The topological polar surface area (TPSA) is 62.7 Å². The third-order valence-electron chi connectivity index (χ3n) is 3.51. The molecule has 2 aromatic rings. The van der Waals surface area contributed by atoms with Crippen molar-refractivity contribution in [2.24, 2.45) is 0 Å². The Balaban J connectivity index is 1.68. The van der Waals surface area contributed by atoms with Gasteiger partial charge in [0, 0.05) is 19.6 Å². The molecule has 1 aliphatic heterocycles. The van der Waals surface area contributed by atoms with Gasteiger partial charge < -0.3 is 9.64 Å². The Kier molecular flexibility index (Phi) is 4.57. The fourth-order valence-electron chi connectivity index (χ4n) is 2.40. The van der Waals surface area contributed by atoms with Crippen molar-refractivity contribution >= 4 is 28.5 Å². The van der Waals surface area contributed by atoms with Crippen molar-refractivity contribution in [1.82, 2.24) is 9.88 Å². The maximum atomic E-state index is 12.5. The summed E-state index contributed by atoms with van der Waals surface area (Å²) in [5.41, 5.74) is 1.09. The highest BCUT2D eigenvalue weighted by molar-refractivity contribution is 7.17. The van der Waals surface area contributed by atoms with E-state index >= 15 is 0 Å². The van der Waals surface area contributed by atoms with Crippen molar-refractivity contribution in [2.75, 3.05) is 24.6 Å². The number of carbonyl (C=O) groups is 2. The van der Waals surface area contributed by atoms with E-state index in [0.717, 1.165) is 5.56 Å². The second-order valence-electron chi connectivity index (χ2n) is 5.07. The van der Waals surface area contributed by atoms with Crippen molar-refractivity contribution in [3.63, 3.8) is 0 Å². The molecule has 23 heavy (non-hydrogen) atoms. The minimum absolute atomic E-state index is 0.0846. The summed E-state index contributed by atoms with van der Waals surface area (Å²) in [5, 5.41) is 0.536. The van der Waals surface area contributed by atoms with E-state index in [-0.39, 0.29) is 6.03 Å². The number of urea groups is 1. The first-order chi connectivity index (χ1) is 11.2. The van der Waals surface area contributed by atoms with Crippen LogP contribution in [-0.4, -0.2) is 41.6 Å². The van der Waals surface area contributed by atoms with Crippen LogP contribution in [0.2, 0.25) is 0 Å². The third-order valence-corrected chi connectivity index (χ3v) is 4.51. The molecule has 1 fully saturated rings. The predicted octanol–water partition coefficient (Wildman–Crippen LogP) is 2.76. The molecule has 0 atom stereocenters. The van der Waals surface area contributed by atoms with Crippen molar-refractivity contribution in [3.05, 3.63) is 47.0 Å². The lowest BCUT2D eigenvalue weighted by atomic mass is 10.2. The lowest BCUT2D eigenvalue weighted by Crippen LogP contribution is -2.31. The minimum atomic E-state index is -0.399. The monoisotopic (exact) mass is 331 g/mol. The Hall–Kier alpha value is -2.41. The maximum Gasteiger partial charge on any atom is 0.350 e. The molecule has 0 N–H and O–H groups in total. The Labute approximate surface area is 138 Å². The summed E-state index contributed by atoms with van der Waals surface area (Å²) < 4.78 is 4.95. The van der Waals surface area contributed by atoms with E-state index < -0.39 is 5.97 Å². The third kappa shape index (κ3) is 3.34. The lowest BCUT2D eigenvalue weighted by molar-refractivity contribution is 0.0532. The molecule has 2 heterocycles. The van der Waals surface area contributed by atoms with Gasteiger partial charge in [0.1, 0.15) is 4.88 Å². The van der Waals surface area contributed by atoms with Crippen LogP contribution in [0.15, 0.2) is 36.5 Å². The molecule has 0 bridgehead atoms. The molecule has 6 nitrogen and oxygen atoms in total. The van der Waals surface area contributed by atoms with Gasteiger partial charge in [-0.2, -0.15) is 0 Å². The normalized spacial score (nSPS) is 14.4. The number of thiazole rings is 1. The SMILES string of the molecule is CCOC(=O)c1cnc(N2CCN(Cc3ccccc3)C2=O)s1. The van der Waals surface area contributed by atoms with Crippen LogP contribution in [0.1, 0.15) is 22.2 Å². The molecule has 1 aromatic carbocycles. The van der Waals surface area contributed by atoms with Gasteiger partial charge in [0.15, 0.2) is 5.13 Å². The van der Waals surface area contributed by atoms with Crippen LogP contribution in [0.4, 0.5) is 9.93 Å². The zero-order chi connectivity index (χ0) is 16.2. The van der Waals surface area contributed by atoms with Gasteiger partial charge in [-0.15, -0.1) is 0 Å². The Morgan fingerprint density at radius 2 is 2.09 bits per heavy atom. The van der Waals surface area contributed by atoms with E-state index in [4.69, 9.17) is 4.74 Å². The minimum Gasteiger partial charge on any atom is -0.462 e. The van der Waals surface area contributed by atoms with Gasteiger partial charge >= 0.3 is 12.0 Å². The molecule has 0 aliphatic carbocycles. The van der Waals surface area contributed by atoms with Gasteiger partial charge in [-0.05, 0) is 12.5 Å². The van der Waals surface area contributed by atoms with E-state index in [1.807, 2.05) is 30.3 Å². The summed E-state index contributed by atoms with van der Waals surface area (Å²) in [6.07, 6.45) is 1.46. The number of esters is 1. The number of ether oxygens (including phenoxy) is 1. The number of benzene rings is 1. The van der Waals surface area contributed by atoms with Gasteiger partial charge in [-0.3, -0.25) is 4.90 Å². The van der Waals surface area contributed by atoms with Crippen LogP contribution >= 0.6 is 11.3 Å². The Morgan fingerprint density at radius 1 is 1.30 bits per heavy atom.